The fourth-order valence-electron chi connectivity index (χ4n) is 2.56. The summed E-state index contributed by atoms with van der Waals surface area (Å²) in [5.74, 6) is -0.272. The summed E-state index contributed by atoms with van der Waals surface area (Å²) in [6.45, 7) is 3.57. The Morgan fingerprint density at radius 1 is 1.04 bits per heavy atom. The van der Waals surface area contributed by atoms with Gasteiger partial charge in [-0.1, -0.05) is 30.3 Å². The third-order valence-corrected chi connectivity index (χ3v) is 4.07. The van der Waals surface area contributed by atoms with E-state index in [1.807, 2.05) is 37.3 Å². The van der Waals surface area contributed by atoms with Crippen molar-refractivity contribution in [3.8, 4) is 0 Å². The highest BCUT2D eigenvalue weighted by Crippen LogP contribution is 2.14. The van der Waals surface area contributed by atoms with Crippen LogP contribution in [-0.4, -0.2) is 38.6 Å². The van der Waals surface area contributed by atoms with Crippen molar-refractivity contribution in [1.29, 1.82) is 0 Å². The molecule has 0 aliphatic heterocycles. The van der Waals surface area contributed by atoms with Crippen LogP contribution in [0, 0.1) is 0 Å². The fourth-order valence-corrected chi connectivity index (χ4v) is 2.56. The van der Waals surface area contributed by atoms with Gasteiger partial charge in [-0.3, -0.25) is 9.59 Å². The van der Waals surface area contributed by atoms with Gasteiger partial charge in [0.15, 0.2) is 0 Å². The van der Waals surface area contributed by atoms with Crippen molar-refractivity contribution in [1.82, 2.24) is 10.6 Å². The van der Waals surface area contributed by atoms with E-state index >= 15 is 0 Å². The third kappa shape index (κ3) is 7.21. The van der Waals surface area contributed by atoms with E-state index in [1.165, 1.54) is 0 Å². The molecule has 27 heavy (non-hydrogen) atoms. The predicted molar refractivity (Wildman–Crippen MR) is 107 cm³/mol. The van der Waals surface area contributed by atoms with E-state index in [0.29, 0.717) is 17.9 Å². The molecule has 0 bridgehead atoms. The second-order valence-corrected chi connectivity index (χ2v) is 6.25. The van der Waals surface area contributed by atoms with E-state index in [2.05, 4.69) is 16.0 Å². The van der Waals surface area contributed by atoms with E-state index in [4.69, 9.17) is 4.74 Å². The van der Waals surface area contributed by atoms with Crippen LogP contribution in [0.4, 0.5) is 5.69 Å². The van der Waals surface area contributed by atoms with Crippen LogP contribution in [0.5, 0.6) is 0 Å². The molecular weight excluding hydrogens is 342 g/mol. The Morgan fingerprint density at radius 3 is 2.41 bits per heavy atom. The second-order valence-electron chi connectivity index (χ2n) is 6.25. The summed E-state index contributed by atoms with van der Waals surface area (Å²) in [7, 11) is 1.65. The lowest BCUT2D eigenvalue weighted by molar-refractivity contribution is -0.115. The zero-order valence-electron chi connectivity index (χ0n) is 15.8. The van der Waals surface area contributed by atoms with Gasteiger partial charge in [-0.25, -0.2) is 0 Å². The van der Waals surface area contributed by atoms with Crippen molar-refractivity contribution >= 4 is 17.5 Å². The molecule has 3 N–H and O–H groups in total. The van der Waals surface area contributed by atoms with E-state index in [0.717, 1.165) is 18.5 Å². The zero-order valence-corrected chi connectivity index (χ0v) is 15.8. The Bertz CT molecular complexity index is 717. The largest absolute Gasteiger partial charge is 0.385 e. The van der Waals surface area contributed by atoms with Gasteiger partial charge in [0.2, 0.25) is 5.91 Å². The molecule has 0 aliphatic carbocycles. The highest BCUT2D eigenvalue weighted by Gasteiger charge is 2.11. The Morgan fingerprint density at radius 2 is 1.74 bits per heavy atom. The number of benzene rings is 2. The molecule has 6 heteroatoms. The van der Waals surface area contributed by atoms with E-state index in [9.17, 15) is 9.59 Å². The zero-order chi connectivity index (χ0) is 19.5. The number of anilines is 1. The molecule has 6 nitrogen and oxygen atoms in total. The maximum atomic E-state index is 12.4. The molecule has 1 unspecified atom stereocenters. The quantitative estimate of drug-likeness (QED) is 0.563. The number of carbonyl (C=O) groups excluding carboxylic acids is 2. The average Bonchev–Trinajstić information content (AvgIpc) is 2.69. The molecule has 2 rings (SSSR count). The highest BCUT2D eigenvalue weighted by molar-refractivity contribution is 5.96. The number of hydrogen-bond acceptors (Lipinski definition) is 4. The maximum Gasteiger partial charge on any atom is 0.251 e. The van der Waals surface area contributed by atoms with Crippen LogP contribution in [0.15, 0.2) is 54.6 Å². The second kappa shape index (κ2) is 11.1. The Labute approximate surface area is 160 Å². The summed E-state index contributed by atoms with van der Waals surface area (Å²) >= 11 is 0. The van der Waals surface area contributed by atoms with E-state index in [1.54, 1.807) is 31.4 Å². The van der Waals surface area contributed by atoms with Gasteiger partial charge >= 0.3 is 0 Å². The van der Waals surface area contributed by atoms with Gasteiger partial charge in [-0.05, 0) is 49.7 Å². The number of rotatable bonds is 10. The van der Waals surface area contributed by atoms with Crippen LogP contribution >= 0.6 is 0 Å². The minimum Gasteiger partial charge on any atom is -0.385 e. The van der Waals surface area contributed by atoms with E-state index in [-0.39, 0.29) is 24.4 Å². The molecule has 0 aromatic heterocycles. The first kappa shape index (κ1) is 20.6. The van der Waals surface area contributed by atoms with Crippen LogP contribution in [0.2, 0.25) is 0 Å². The number of methoxy groups -OCH3 is 1. The molecule has 144 valence electrons. The highest BCUT2D eigenvalue weighted by atomic mass is 16.5. The minimum atomic E-state index is -0.149. The normalized spacial score (nSPS) is 11.6. The summed E-state index contributed by atoms with van der Waals surface area (Å²) in [4.78, 5) is 24.3. The molecule has 0 heterocycles. The van der Waals surface area contributed by atoms with Crippen molar-refractivity contribution in [2.75, 3.05) is 32.1 Å². The van der Waals surface area contributed by atoms with Gasteiger partial charge in [-0.2, -0.15) is 0 Å². The molecule has 0 saturated carbocycles. The molecule has 0 radical (unpaired) electrons. The lowest BCUT2D eigenvalue weighted by Crippen LogP contribution is -2.29. The molecular formula is C21H27N3O3. The molecule has 0 spiro atoms. The first-order valence-corrected chi connectivity index (χ1v) is 9.05. The third-order valence-electron chi connectivity index (χ3n) is 4.07. The molecule has 0 fully saturated rings. The fraction of sp³-hybridized carbons (Fsp3) is 0.333. The van der Waals surface area contributed by atoms with Crippen molar-refractivity contribution in [3.63, 3.8) is 0 Å². The summed E-state index contributed by atoms with van der Waals surface area (Å²) in [5, 5.41) is 8.82. The van der Waals surface area contributed by atoms with Gasteiger partial charge in [0, 0.05) is 25.0 Å². The van der Waals surface area contributed by atoms with Crippen molar-refractivity contribution in [3.05, 3.63) is 65.7 Å². The van der Waals surface area contributed by atoms with Crippen LogP contribution < -0.4 is 16.0 Å². The van der Waals surface area contributed by atoms with Gasteiger partial charge in [0.1, 0.15) is 0 Å². The molecule has 0 aliphatic rings. The standard InChI is InChI=1S/C21H27N3O3/c1-16(17-7-4-3-5-8-17)23-21(26)18-9-11-19(12-10-18)24-20(25)15-22-13-6-14-27-2/h3-5,7-12,16,22H,6,13-15H2,1-2H3,(H,23,26)(H,24,25). The minimum absolute atomic E-state index is 0.0812. The first-order valence-electron chi connectivity index (χ1n) is 9.05. The average molecular weight is 369 g/mol. The Kier molecular flexibility index (Phi) is 8.48. The lowest BCUT2D eigenvalue weighted by atomic mass is 10.1. The molecule has 2 aromatic carbocycles. The maximum absolute atomic E-state index is 12.4. The smallest absolute Gasteiger partial charge is 0.251 e. The summed E-state index contributed by atoms with van der Waals surface area (Å²) < 4.78 is 4.95. The van der Waals surface area contributed by atoms with E-state index < -0.39 is 0 Å². The molecule has 2 aromatic rings. The summed E-state index contributed by atoms with van der Waals surface area (Å²) in [6, 6.07) is 16.6. The van der Waals surface area contributed by atoms with Crippen molar-refractivity contribution in [2.45, 2.75) is 19.4 Å². The Balaban J connectivity index is 1.80. The predicted octanol–water partition coefficient (Wildman–Crippen LogP) is 2.74. The van der Waals surface area contributed by atoms with Gasteiger partial charge < -0.3 is 20.7 Å². The molecule has 0 saturated heterocycles. The number of carbonyl (C=O) groups is 2. The summed E-state index contributed by atoms with van der Waals surface area (Å²) in [5.41, 5.74) is 2.26. The van der Waals surface area contributed by atoms with Gasteiger partial charge in [0.05, 0.1) is 12.6 Å². The van der Waals surface area contributed by atoms with Crippen LogP contribution in [0.1, 0.15) is 35.3 Å². The van der Waals surface area contributed by atoms with Crippen LogP contribution in [0.25, 0.3) is 0 Å². The number of amides is 2. The van der Waals surface area contributed by atoms with Crippen LogP contribution in [0.3, 0.4) is 0 Å². The monoisotopic (exact) mass is 369 g/mol. The molecule has 2 amide bonds. The first-order chi connectivity index (χ1) is 13.1. The Hall–Kier alpha value is -2.70. The topological polar surface area (TPSA) is 79.5 Å². The lowest BCUT2D eigenvalue weighted by Gasteiger charge is -2.14. The van der Waals surface area contributed by atoms with Crippen molar-refractivity contribution < 1.29 is 14.3 Å². The van der Waals surface area contributed by atoms with Gasteiger partial charge in [-0.15, -0.1) is 0 Å². The number of nitrogens with one attached hydrogen (secondary N) is 3. The SMILES string of the molecule is COCCCNCC(=O)Nc1ccc(C(=O)NC(C)c2ccccc2)cc1. The van der Waals surface area contributed by atoms with Crippen LogP contribution in [-0.2, 0) is 9.53 Å². The van der Waals surface area contributed by atoms with Crippen molar-refractivity contribution in [2.24, 2.45) is 0 Å². The number of ether oxygens (including phenoxy) is 1. The summed E-state index contributed by atoms with van der Waals surface area (Å²) in [6.07, 6.45) is 0.856. The number of hydrogen-bond donors (Lipinski definition) is 3. The van der Waals surface area contributed by atoms with Gasteiger partial charge in [0.25, 0.3) is 5.91 Å². The molecule has 1 atom stereocenters.